The van der Waals surface area contributed by atoms with E-state index in [-0.39, 0.29) is 28.9 Å². The summed E-state index contributed by atoms with van der Waals surface area (Å²) in [5, 5.41) is 4.40. The molecule has 3 heterocycles. The zero-order valence-electron chi connectivity index (χ0n) is 16.6. The topological polar surface area (TPSA) is 111 Å². The van der Waals surface area contributed by atoms with E-state index in [0.717, 1.165) is 16.9 Å². The number of anilines is 1. The maximum absolute atomic E-state index is 13.0. The molecule has 1 aliphatic rings. The third kappa shape index (κ3) is 4.74. The third-order valence-corrected chi connectivity index (χ3v) is 7.60. The number of nitrogens with one attached hydrogen (secondary N) is 1. The molecule has 2 aromatic heterocycles. The summed E-state index contributed by atoms with van der Waals surface area (Å²) in [6.07, 6.45) is 3.15. The summed E-state index contributed by atoms with van der Waals surface area (Å²) in [4.78, 5) is 21.1. The highest BCUT2D eigenvalue weighted by Crippen LogP contribution is 2.29. The van der Waals surface area contributed by atoms with Gasteiger partial charge in [-0.15, -0.1) is 11.3 Å². The lowest BCUT2D eigenvalue weighted by Gasteiger charge is -2.26. The van der Waals surface area contributed by atoms with Crippen LogP contribution in [0.15, 0.2) is 53.0 Å². The van der Waals surface area contributed by atoms with Crippen molar-refractivity contribution in [3.63, 3.8) is 0 Å². The highest BCUT2D eigenvalue weighted by Gasteiger charge is 2.31. The number of benzene rings is 1. The molecule has 0 saturated carbocycles. The van der Waals surface area contributed by atoms with Crippen LogP contribution in [0.3, 0.4) is 0 Å². The molecule has 1 fully saturated rings. The molecule has 4 rings (SSSR count). The maximum atomic E-state index is 13.0. The van der Waals surface area contributed by atoms with Gasteiger partial charge in [-0.25, -0.2) is 18.4 Å². The summed E-state index contributed by atoms with van der Waals surface area (Å²) in [6.45, 7) is 3.03. The van der Waals surface area contributed by atoms with Crippen molar-refractivity contribution in [3.8, 4) is 11.8 Å². The van der Waals surface area contributed by atoms with Crippen molar-refractivity contribution in [3.05, 3.63) is 58.5 Å². The Morgan fingerprint density at radius 2 is 1.94 bits per heavy atom. The number of amides is 1. The van der Waals surface area contributed by atoms with Gasteiger partial charge in [-0.3, -0.25) is 4.79 Å². The van der Waals surface area contributed by atoms with Crippen LogP contribution >= 0.6 is 11.3 Å². The van der Waals surface area contributed by atoms with E-state index in [0.29, 0.717) is 24.7 Å². The molecule has 31 heavy (non-hydrogen) atoms. The zero-order chi connectivity index (χ0) is 21.8. The number of aryl methyl sites for hydroxylation is 1. The highest BCUT2D eigenvalue weighted by atomic mass is 32.2. The Balaban J connectivity index is 1.51. The number of sulfonamides is 1. The molecule has 1 aromatic carbocycles. The molecule has 9 nitrogen and oxygen atoms in total. The fourth-order valence-electron chi connectivity index (χ4n) is 3.05. The predicted octanol–water partition coefficient (Wildman–Crippen LogP) is 2.91. The minimum Gasteiger partial charge on any atom is -0.424 e. The number of carbonyl (C=O) groups is 1. The summed E-state index contributed by atoms with van der Waals surface area (Å²) < 4.78 is 38.1. The first-order valence-corrected chi connectivity index (χ1v) is 11.8. The van der Waals surface area contributed by atoms with Gasteiger partial charge in [0.1, 0.15) is 15.5 Å². The van der Waals surface area contributed by atoms with Gasteiger partial charge in [-0.2, -0.15) is 4.31 Å². The molecule has 0 unspecified atom stereocenters. The van der Waals surface area contributed by atoms with Gasteiger partial charge in [0.05, 0.1) is 13.2 Å². The van der Waals surface area contributed by atoms with E-state index in [1.54, 1.807) is 42.0 Å². The first kappa shape index (κ1) is 21.4. The van der Waals surface area contributed by atoms with Crippen LogP contribution in [0.5, 0.6) is 11.8 Å². The van der Waals surface area contributed by atoms with E-state index in [2.05, 4.69) is 15.3 Å². The quantitative estimate of drug-likeness (QED) is 0.602. The number of aromatic nitrogens is 2. The standard InChI is InChI=1S/C20H20N4O5S2/c1-14-13-15(29-20-21-6-2-7-22-20)3-4-16(14)23-19(25)18-17(5-12-30-18)31(26,27)24-8-10-28-11-9-24/h2-7,12-13H,8-11H2,1H3,(H,23,25). The molecule has 11 heteroatoms. The average Bonchev–Trinajstić information content (AvgIpc) is 3.28. The number of thiophene rings is 1. The molecule has 0 spiro atoms. The van der Waals surface area contributed by atoms with Crippen molar-refractivity contribution in [1.29, 1.82) is 0 Å². The molecule has 0 radical (unpaired) electrons. The summed E-state index contributed by atoms with van der Waals surface area (Å²) in [7, 11) is -3.77. The lowest BCUT2D eigenvalue weighted by Crippen LogP contribution is -2.41. The average molecular weight is 461 g/mol. The van der Waals surface area contributed by atoms with Crippen LogP contribution in [-0.2, 0) is 14.8 Å². The zero-order valence-corrected chi connectivity index (χ0v) is 18.3. The largest absolute Gasteiger partial charge is 0.424 e. The van der Waals surface area contributed by atoms with E-state index < -0.39 is 15.9 Å². The van der Waals surface area contributed by atoms with Crippen molar-refractivity contribution < 1.29 is 22.7 Å². The number of hydrogen-bond donors (Lipinski definition) is 1. The van der Waals surface area contributed by atoms with E-state index in [9.17, 15) is 13.2 Å². The summed E-state index contributed by atoms with van der Waals surface area (Å²) in [5.74, 6) is 0.0402. The number of rotatable bonds is 6. The smallest absolute Gasteiger partial charge is 0.321 e. The van der Waals surface area contributed by atoms with Gasteiger partial charge >= 0.3 is 6.01 Å². The Morgan fingerprint density at radius 1 is 1.19 bits per heavy atom. The molecule has 162 valence electrons. The molecular weight excluding hydrogens is 440 g/mol. The van der Waals surface area contributed by atoms with Crippen molar-refractivity contribution in [1.82, 2.24) is 14.3 Å². The van der Waals surface area contributed by atoms with Crippen molar-refractivity contribution in [2.45, 2.75) is 11.8 Å². The molecule has 1 amide bonds. The number of ether oxygens (including phenoxy) is 2. The molecule has 0 bridgehead atoms. The fraction of sp³-hybridized carbons (Fsp3) is 0.250. The SMILES string of the molecule is Cc1cc(Oc2ncccn2)ccc1NC(=O)c1sccc1S(=O)(=O)N1CCOCC1. The van der Waals surface area contributed by atoms with Crippen LogP contribution in [0, 0.1) is 6.92 Å². The molecule has 3 aromatic rings. The van der Waals surface area contributed by atoms with Crippen LogP contribution in [-0.4, -0.2) is 54.9 Å². The van der Waals surface area contributed by atoms with Gasteiger partial charge in [0.25, 0.3) is 5.91 Å². The van der Waals surface area contributed by atoms with Crippen LogP contribution in [0.2, 0.25) is 0 Å². The lowest BCUT2D eigenvalue weighted by molar-refractivity contribution is 0.0730. The van der Waals surface area contributed by atoms with E-state index >= 15 is 0 Å². The third-order valence-electron chi connectivity index (χ3n) is 4.62. The van der Waals surface area contributed by atoms with E-state index in [1.165, 1.54) is 10.4 Å². The van der Waals surface area contributed by atoms with Crippen molar-refractivity contribution >= 4 is 33.0 Å². The number of carbonyl (C=O) groups excluding carboxylic acids is 1. The Hall–Kier alpha value is -2.86. The highest BCUT2D eigenvalue weighted by molar-refractivity contribution is 7.89. The Bertz CT molecular complexity index is 1180. The summed E-state index contributed by atoms with van der Waals surface area (Å²) in [5.41, 5.74) is 1.30. The molecule has 0 aliphatic carbocycles. The molecular formula is C20H20N4O5S2. The first-order valence-electron chi connectivity index (χ1n) is 9.47. The van der Waals surface area contributed by atoms with Crippen LogP contribution < -0.4 is 10.1 Å². The van der Waals surface area contributed by atoms with Gasteiger partial charge in [-0.05, 0) is 48.2 Å². The molecule has 1 N–H and O–H groups in total. The number of hydrogen-bond acceptors (Lipinski definition) is 8. The Morgan fingerprint density at radius 3 is 2.65 bits per heavy atom. The second kappa shape index (κ2) is 9.10. The number of morpholine rings is 1. The first-order chi connectivity index (χ1) is 14.9. The minimum absolute atomic E-state index is 0.00994. The van der Waals surface area contributed by atoms with Crippen LogP contribution in [0.1, 0.15) is 15.2 Å². The van der Waals surface area contributed by atoms with Gasteiger partial charge in [0.2, 0.25) is 10.0 Å². The normalized spacial score (nSPS) is 14.9. The van der Waals surface area contributed by atoms with Gasteiger partial charge in [0, 0.05) is 31.2 Å². The van der Waals surface area contributed by atoms with E-state index in [1.807, 2.05) is 6.92 Å². The van der Waals surface area contributed by atoms with Crippen LogP contribution in [0.4, 0.5) is 5.69 Å². The fourth-order valence-corrected chi connectivity index (χ4v) is 5.76. The van der Waals surface area contributed by atoms with Gasteiger partial charge in [0.15, 0.2) is 0 Å². The molecule has 1 aliphatic heterocycles. The van der Waals surface area contributed by atoms with Crippen molar-refractivity contribution in [2.75, 3.05) is 31.6 Å². The Kier molecular flexibility index (Phi) is 6.28. The summed E-state index contributed by atoms with van der Waals surface area (Å²) >= 11 is 1.09. The minimum atomic E-state index is -3.77. The monoisotopic (exact) mass is 460 g/mol. The Labute approximate surface area is 183 Å². The van der Waals surface area contributed by atoms with Crippen LogP contribution in [0.25, 0.3) is 0 Å². The number of nitrogens with zero attached hydrogens (tertiary/aromatic N) is 3. The van der Waals surface area contributed by atoms with Crippen molar-refractivity contribution in [2.24, 2.45) is 0 Å². The second-order valence-electron chi connectivity index (χ2n) is 6.69. The predicted molar refractivity (Wildman–Crippen MR) is 115 cm³/mol. The van der Waals surface area contributed by atoms with Gasteiger partial charge < -0.3 is 14.8 Å². The molecule has 1 saturated heterocycles. The maximum Gasteiger partial charge on any atom is 0.321 e. The van der Waals surface area contributed by atoms with E-state index in [4.69, 9.17) is 9.47 Å². The summed E-state index contributed by atoms with van der Waals surface area (Å²) in [6, 6.07) is 8.48. The lowest BCUT2D eigenvalue weighted by atomic mass is 10.2. The molecule has 0 atom stereocenters. The second-order valence-corrected chi connectivity index (χ2v) is 9.52. The van der Waals surface area contributed by atoms with Gasteiger partial charge in [-0.1, -0.05) is 0 Å².